The Morgan fingerprint density at radius 3 is 2.89 bits per heavy atom. The van der Waals surface area contributed by atoms with Crippen molar-refractivity contribution in [2.24, 2.45) is 0 Å². The number of hydrogen-bond acceptors (Lipinski definition) is 4. The van der Waals surface area contributed by atoms with Crippen LogP contribution in [0.4, 0.5) is 11.4 Å². The maximum Gasteiger partial charge on any atom is 0.311 e. The Hall–Kier alpha value is -2.61. The van der Waals surface area contributed by atoms with E-state index in [1.54, 1.807) is 12.1 Å². The van der Waals surface area contributed by atoms with Crippen LogP contribution >= 0.6 is 0 Å². The molecular formula is C14H13N3O2. The summed E-state index contributed by atoms with van der Waals surface area (Å²) in [7, 11) is 0. The number of nitrogens with one attached hydrogen (secondary N) is 1. The highest BCUT2D eigenvalue weighted by Gasteiger charge is 2.19. The summed E-state index contributed by atoms with van der Waals surface area (Å²) in [5.41, 5.74) is 1.07. The molecule has 0 bridgehead atoms. The third-order valence-corrected chi connectivity index (χ3v) is 2.88. The molecule has 1 aromatic carbocycles. The van der Waals surface area contributed by atoms with Gasteiger partial charge in [0.2, 0.25) is 0 Å². The van der Waals surface area contributed by atoms with E-state index in [2.05, 4.69) is 16.2 Å². The van der Waals surface area contributed by atoms with E-state index < -0.39 is 4.92 Å². The van der Waals surface area contributed by atoms with E-state index in [1.165, 1.54) is 6.20 Å². The molecule has 5 heteroatoms. The zero-order valence-electron chi connectivity index (χ0n) is 10.5. The number of anilines is 1. The van der Waals surface area contributed by atoms with Crippen molar-refractivity contribution in [3.8, 4) is 12.3 Å². The molecule has 2 rings (SSSR count). The van der Waals surface area contributed by atoms with Gasteiger partial charge in [0.15, 0.2) is 0 Å². The van der Waals surface area contributed by atoms with Crippen molar-refractivity contribution in [1.29, 1.82) is 0 Å². The summed E-state index contributed by atoms with van der Waals surface area (Å²) in [5, 5.41) is 14.9. The van der Waals surface area contributed by atoms with E-state index in [9.17, 15) is 10.1 Å². The third-order valence-electron chi connectivity index (χ3n) is 2.88. The number of para-hydroxylation sites is 1. The smallest absolute Gasteiger partial charge is 0.311 e. The maximum absolute atomic E-state index is 11.1. The Balaban J connectivity index is 2.62. The molecule has 1 unspecified atom stereocenters. The molecular weight excluding hydrogens is 242 g/mol. The van der Waals surface area contributed by atoms with Crippen molar-refractivity contribution in [2.45, 2.75) is 19.4 Å². The van der Waals surface area contributed by atoms with Crippen LogP contribution in [-0.2, 0) is 0 Å². The largest absolute Gasteiger partial charge is 0.365 e. The van der Waals surface area contributed by atoms with Crippen LogP contribution < -0.4 is 5.32 Å². The summed E-state index contributed by atoms with van der Waals surface area (Å²) in [6.45, 7) is 1.92. The van der Waals surface area contributed by atoms with Crippen molar-refractivity contribution in [2.75, 3.05) is 5.32 Å². The quantitative estimate of drug-likeness (QED) is 0.518. The number of benzene rings is 1. The number of nitro groups is 1. The van der Waals surface area contributed by atoms with Crippen LogP contribution in [0.3, 0.4) is 0 Å². The van der Waals surface area contributed by atoms with Crippen LogP contribution in [-0.4, -0.2) is 15.9 Å². The molecule has 0 spiro atoms. The van der Waals surface area contributed by atoms with Crippen molar-refractivity contribution in [3.63, 3.8) is 0 Å². The fourth-order valence-electron chi connectivity index (χ4n) is 1.86. The average Bonchev–Trinajstić information content (AvgIpc) is 2.44. The first kappa shape index (κ1) is 12.8. The highest BCUT2D eigenvalue weighted by atomic mass is 16.6. The van der Waals surface area contributed by atoms with Gasteiger partial charge in [-0.15, -0.1) is 6.42 Å². The van der Waals surface area contributed by atoms with Gasteiger partial charge in [-0.05, 0) is 12.5 Å². The lowest BCUT2D eigenvalue weighted by atomic mass is 10.1. The number of rotatable bonds is 4. The Bertz CT molecular complexity index is 661. The second-order valence-electron chi connectivity index (χ2n) is 4.06. The molecule has 1 atom stereocenters. The van der Waals surface area contributed by atoms with Gasteiger partial charge in [-0.3, -0.25) is 10.1 Å². The second kappa shape index (κ2) is 5.36. The Labute approximate surface area is 110 Å². The normalized spacial score (nSPS) is 11.8. The molecule has 1 N–H and O–H groups in total. The van der Waals surface area contributed by atoms with Gasteiger partial charge in [-0.2, -0.15) is 0 Å². The lowest BCUT2D eigenvalue weighted by Crippen LogP contribution is -2.17. The van der Waals surface area contributed by atoms with Crippen LogP contribution in [0.2, 0.25) is 0 Å². The standard InChI is InChI=1S/C14H13N3O2/c1-3-10(4-2)16-14-11-7-5-6-8-12(11)15-9-13(14)17(18)19/h1,5-10H,4H2,2H3,(H,15,16). The summed E-state index contributed by atoms with van der Waals surface area (Å²) < 4.78 is 0. The minimum absolute atomic E-state index is 0.0626. The number of aromatic nitrogens is 1. The van der Waals surface area contributed by atoms with E-state index >= 15 is 0 Å². The van der Waals surface area contributed by atoms with Crippen LogP contribution in [0.15, 0.2) is 30.5 Å². The predicted molar refractivity (Wildman–Crippen MR) is 74.9 cm³/mol. The molecule has 0 saturated heterocycles. The van der Waals surface area contributed by atoms with E-state index in [0.717, 1.165) is 0 Å². The third kappa shape index (κ3) is 2.47. The monoisotopic (exact) mass is 255 g/mol. The molecule has 0 aliphatic carbocycles. The molecule has 0 saturated carbocycles. The second-order valence-corrected chi connectivity index (χ2v) is 4.06. The zero-order chi connectivity index (χ0) is 13.8. The minimum atomic E-state index is -0.453. The number of nitrogens with zero attached hydrogens (tertiary/aromatic N) is 2. The van der Waals surface area contributed by atoms with Crippen molar-refractivity contribution in [3.05, 3.63) is 40.6 Å². The molecule has 0 radical (unpaired) electrons. The van der Waals surface area contributed by atoms with Crippen molar-refractivity contribution < 1.29 is 4.92 Å². The predicted octanol–water partition coefficient (Wildman–Crippen LogP) is 2.97. The van der Waals surface area contributed by atoms with Crippen molar-refractivity contribution in [1.82, 2.24) is 4.98 Å². The first-order valence-corrected chi connectivity index (χ1v) is 5.92. The van der Waals surface area contributed by atoms with Gasteiger partial charge in [0, 0.05) is 5.39 Å². The summed E-state index contributed by atoms with van der Waals surface area (Å²) in [6, 6.07) is 7.01. The number of pyridine rings is 1. The lowest BCUT2D eigenvalue weighted by molar-refractivity contribution is -0.384. The summed E-state index contributed by atoms with van der Waals surface area (Å²) in [6.07, 6.45) is 7.35. The number of terminal acetylenes is 1. The molecule has 5 nitrogen and oxygen atoms in total. The molecule has 19 heavy (non-hydrogen) atoms. The highest BCUT2D eigenvalue weighted by Crippen LogP contribution is 2.31. The fourth-order valence-corrected chi connectivity index (χ4v) is 1.86. The molecule has 1 aromatic heterocycles. The summed E-state index contributed by atoms with van der Waals surface area (Å²) in [5.74, 6) is 2.58. The average molecular weight is 255 g/mol. The Morgan fingerprint density at radius 2 is 2.26 bits per heavy atom. The molecule has 0 aliphatic rings. The first-order chi connectivity index (χ1) is 9.17. The van der Waals surface area contributed by atoms with Gasteiger partial charge in [0.1, 0.15) is 11.9 Å². The molecule has 0 aliphatic heterocycles. The molecule has 96 valence electrons. The van der Waals surface area contributed by atoms with Gasteiger partial charge in [-0.25, -0.2) is 4.98 Å². The fraction of sp³-hybridized carbons (Fsp3) is 0.214. The van der Waals surface area contributed by atoms with E-state index in [4.69, 9.17) is 6.42 Å². The van der Waals surface area contributed by atoms with Crippen LogP contribution in [0.5, 0.6) is 0 Å². The van der Waals surface area contributed by atoms with Crippen LogP contribution in [0.1, 0.15) is 13.3 Å². The van der Waals surface area contributed by atoms with Gasteiger partial charge in [-0.1, -0.05) is 31.0 Å². The van der Waals surface area contributed by atoms with Gasteiger partial charge in [0.05, 0.1) is 16.5 Å². The first-order valence-electron chi connectivity index (χ1n) is 5.92. The Morgan fingerprint density at radius 1 is 1.53 bits per heavy atom. The Kier molecular flexibility index (Phi) is 3.62. The molecule has 2 aromatic rings. The lowest BCUT2D eigenvalue weighted by Gasteiger charge is -2.14. The van der Waals surface area contributed by atoms with Crippen molar-refractivity contribution >= 4 is 22.3 Å². The van der Waals surface area contributed by atoms with E-state index in [-0.39, 0.29) is 11.7 Å². The number of hydrogen-bond donors (Lipinski definition) is 1. The SMILES string of the molecule is C#CC(CC)Nc1c([N+](=O)[O-])cnc2ccccc12. The van der Waals surface area contributed by atoms with E-state index in [1.807, 2.05) is 19.1 Å². The summed E-state index contributed by atoms with van der Waals surface area (Å²) in [4.78, 5) is 14.7. The topological polar surface area (TPSA) is 68.1 Å². The summed E-state index contributed by atoms with van der Waals surface area (Å²) >= 11 is 0. The van der Waals surface area contributed by atoms with E-state index in [0.29, 0.717) is 23.0 Å². The zero-order valence-corrected chi connectivity index (χ0v) is 10.5. The maximum atomic E-state index is 11.1. The van der Waals surface area contributed by atoms with Crippen LogP contribution in [0.25, 0.3) is 10.9 Å². The van der Waals surface area contributed by atoms with Crippen LogP contribution in [0, 0.1) is 22.5 Å². The van der Waals surface area contributed by atoms with Gasteiger partial charge in [0.25, 0.3) is 0 Å². The highest BCUT2D eigenvalue weighted by molar-refractivity contribution is 5.95. The molecule has 0 fully saturated rings. The van der Waals surface area contributed by atoms with Gasteiger partial charge >= 0.3 is 5.69 Å². The molecule has 0 amide bonds. The minimum Gasteiger partial charge on any atom is -0.365 e. The van der Waals surface area contributed by atoms with Gasteiger partial charge < -0.3 is 5.32 Å². The molecule has 1 heterocycles. The number of fused-ring (bicyclic) bond motifs is 1.